The van der Waals surface area contributed by atoms with Gasteiger partial charge >= 0.3 is 6.18 Å². The van der Waals surface area contributed by atoms with Crippen LogP contribution in [0.25, 0.3) is 0 Å². The largest absolute Gasteiger partial charge is 0.417 e. The molecule has 3 aliphatic rings. The summed E-state index contributed by atoms with van der Waals surface area (Å²) in [7, 11) is 1.68. The van der Waals surface area contributed by atoms with E-state index in [4.69, 9.17) is 14.2 Å². The Morgan fingerprint density at radius 3 is 2.85 bits per heavy atom. The monoisotopic (exact) mass is 547 g/mol. The fourth-order valence-corrected chi connectivity index (χ4v) is 6.12. The van der Waals surface area contributed by atoms with Crippen LogP contribution >= 0.6 is 0 Å². The number of pyridine rings is 1. The Balaban J connectivity index is 1.32. The van der Waals surface area contributed by atoms with Gasteiger partial charge in [0.2, 0.25) is 5.91 Å². The second kappa shape index (κ2) is 11.9. The number of hydrogen-bond donors (Lipinski definition) is 1. The standard InChI is InChI=1S/C29H36F3N3O4/c1-37-26-18-38-12-9-25(26)34-23-7-10-28(14-23,19-39-17-20-5-3-2-4-6-20)27(36)35-11-8-24-21(16-35)13-22(15-33-24)29(30,31)32/h2-6,13,15,23,25-26,34H,7-12,14,16-19H2,1H3/t23-,25+,26-,28+/m1/s1. The van der Waals surface area contributed by atoms with E-state index in [9.17, 15) is 18.0 Å². The molecule has 1 saturated carbocycles. The van der Waals surface area contributed by atoms with Gasteiger partial charge in [-0.05, 0) is 42.9 Å². The molecule has 1 aliphatic carbocycles. The number of benzene rings is 1. The highest BCUT2D eigenvalue weighted by Crippen LogP contribution is 2.42. The van der Waals surface area contributed by atoms with E-state index in [0.717, 1.165) is 30.7 Å². The Hall–Kier alpha value is -2.53. The summed E-state index contributed by atoms with van der Waals surface area (Å²) in [6.45, 7) is 2.39. The van der Waals surface area contributed by atoms with Crippen molar-refractivity contribution in [2.24, 2.45) is 5.41 Å². The molecule has 2 aromatic rings. The van der Waals surface area contributed by atoms with Crippen LogP contribution in [0.3, 0.4) is 0 Å². The van der Waals surface area contributed by atoms with Crippen molar-refractivity contribution in [3.63, 3.8) is 0 Å². The molecule has 5 rings (SSSR count). The van der Waals surface area contributed by atoms with E-state index in [1.807, 2.05) is 30.3 Å². The van der Waals surface area contributed by atoms with Crippen LogP contribution in [0.4, 0.5) is 13.2 Å². The number of alkyl halides is 3. The summed E-state index contributed by atoms with van der Waals surface area (Å²) in [4.78, 5) is 19.9. The summed E-state index contributed by atoms with van der Waals surface area (Å²) in [6, 6.07) is 11.2. The van der Waals surface area contributed by atoms with Crippen molar-refractivity contribution in [1.82, 2.24) is 15.2 Å². The summed E-state index contributed by atoms with van der Waals surface area (Å²) in [5.74, 6) is -0.0572. The van der Waals surface area contributed by atoms with Crippen LogP contribution in [0.15, 0.2) is 42.6 Å². The van der Waals surface area contributed by atoms with Gasteiger partial charge in [-0.25, -0.2) is 0 Å². The number of carbonyl (C=O) groups is 1. The molecule has 4 atom stereocenters. The number of hydrogen-bond acceptors (Lipinski definition) is 6. The highest BCUT2D eigenvalue weighted by Gasteiger charge is 2.48. The van der Waals surface area contributed by atoms with Gasteiger partial charge in [-0.15, -0.1) is 0 Å². The maximum Gasteiger partial charge on any atom is 0.417 e. The molecule has 1 amide bonds. The Morgan fingerprint density at radius 1 is 1.26 bits per heavy atom. The van der Waals surface area contributed by atoms with Gasteiger partial charge in [0, 0.05) is 57.2 Å². The Labute approximate surface area is 227 Å². The molecule has 3 heterocycles. The zero-order valence-corrected chi connectivity index (χ0v) is 22.2. The molecular weight excluding hydrogens is 511 g/mol. The molecule has 0 radical (unpaired) electrons. The SMILES string of the molecule is CO[C@@H]1COCC[C@@H]1N[C@@H]1CC[C@](COCc2ccccc2)(C(=O)N2CCc3ncc(C(F)(F)F)cc3C2)C1. The molecule has 0 bridgehead atoms. The van der Waals surface area contributed by atoms with Crippen LogP contribution in [0.1, 0.15) is 48.1 Å². The highest BCUT2D eigenvalue weighted by molar-refractivity contribution is 5.83. The number of ether oxygens (including phenoxy) is 3. The van der Waals surface area contributed by atoms with Crippen molar-refractivity contribution < 1.29 is 32.2 Å². The van der Waals surface area contributed by atoms with Crippen molar-refractivity contribution in [1.29, 1.82) is 0 Å². The smallest absolute Gasteiger partial charge is 0.379 e. The molecule has 212 valence electrons. The fraction of sp³-hybridized carbons (Fsp3) is 0.586. The van der Waals surface area contributed by atoms with Gasteiger partial charge in [0.25, 0.3) is 0 Å². The first-order valence-electron chi connectivity index (χ1n) is 13.6. The first-order chi connectivity index (χ1) is 18.8. The van der Waals surface area contributed by atoms with Gasteiger partial charge in [0.15, 0.2) is 0 Å². The Morgan fingerprint density at radius 2 is 2.08 bits per heavy atom. The lowest BCUT2D eigenvalue weighted by atomic mass is 9.84. The maximum atomic E-state index is 14.1. The quantitative estimate of drug-likeness (QED) is 0.536. The fourth-order valence-electron chi connectivity index (χ4n) is 6.12. The van der Waals surface area contributed by atoms with Gasteiger partial charge in [0.05, 0.1) is 36.9 Å². The van der Waals surface area contributed by atoms with Gasteiger partial charge < -0.3 is 24.4 Å². The highest BCUT2D eigenvalue weighted by atomic mass is 19.4. The van der Waals surface area contributed by atoms with E-state index in [0.29, 0.717) is 56.9 Å². The van der Waals surface area contributed by atoms with E-state index in [-0.39, 0.29) is 37.2 Å². The van der Waals surface area contributed by atoms with Crippen molar-refractivity contribution >= 4 is 5.91 Å². The second-order valence-electron chi connectivity index (χ2n) is 10.9. The number of nitrogens with zero attached hydrogens (tertiary/aromatic N) is 2. The Kier molecular flexibility index (Phi) is 8.56. The molecule has 2 fully saturated rings. The summed E-state index contributed by atoms with van der Waals surface area (Å²) in [5, 5.41) is 3.71. The van der Waals surface area contributed by atoms with Gasteiger partial charge in [-0.2, -0.15) is 13.2 Å². The molecule has 1 saturated heterocycles. The minimum absolute atomic E-state index is 0.0484. The maximum absolute atomic E-state index is 14.1. The van der Waals surface area contributed by atoms with Crippen LogP contribution < -0.4 is 5.32 Å². The van der Waals surface area contributed by atoms with Gasteiger partial charge in [-0.3, -0.25) is 9.78 Å². The summed E-state index contributed by atoms with van der Waals surface area (Å²) >= 11 is 0. The predicted molar refractivity (Wildman–Crippen MR) is 138 cm³/mol. The predicted octanol–water partition coefficient (Wildman–Crippen LogP) is 4.13. The number of methoxy groups -OCH3 is 1. The number of nitrogens with one attached hydrogen (secondary N) is 1. The van der Waals surface area contributed by atoms with Crippen molar-refractivity contribution in [2.45, 2.75) is 69.6 Å². The molecule has 1 aromatic carbocycles. The van der Waals surface area contributed by atoms with E-state index in [1.54, 1.807) is 12.0 Å². The third-order valence-electron chi connectivity index (χ3n) is 8.26. The lowest BCUT2D eigenvalue weighted by molar-refractivity contribution is -0.147. The summed E-state index contributed by atoms with van der Waals surface area (Å²) in [6.07, 6.45) is -0.341. The number of fused-ring (bicyclic) bond motifs is 1. The van der Waals surface area contributed by atoms with E-state index in [1.165, 1.54) is 0 Å². The lowest BCUT2D eigenvalue weighted by Crippen LogP contribution is -2.52. The lowest BCUT2D eigenvalue weighted by Gasteiger charge is -2.37. The first kappa shape index (κ1) is 28.0. The number of aromatic nitrogens is 1. The minimum atomic E-state index is -4.48. The van der Waals surface area contributed by atoms with Crippen LogP contribution in [-0.2, 0) is 44.8 Å². The molecule has 7 nitrogen and oxygen atoms in total. The average Bonchev–Trinajstić information content (AvgIpc) is 3.36. The van der Waals surface area contributed by atoms with Crippen LogP contribution in [0, 0.1) is 5.41 Å². The Bertz CT molecular complexity index is 1130. The van der Waals surface area contributed by atoms with Crippen LogP contribution in [-0.4, -0.2) is 67.5 Å². The minimum Gasteiger partial charge on any atom is -0.379 e. The normalized spacial score (nSPS) is 27.4. The molecule has 2 aliphatic heterocycles. The van der Waals surface area contributed by atoms with E-state index >= 15 is 0 Å². The number of amides is 1. The second-order valence-corrected chi connectivity index (χ2v) is 10.9. The molecular formula is C29H36F3N3O4. The summed E-state index contributed by atoms with van der Waals surface area (Å²) < 4.78 is 57.3. The third-order valence-corrected chi connectivity index (χ3v) is 8.26. The van der Waals surface area contributed by atoms with E-state index in [2.05, 4.69) is 10.3 Å². The van der Waals surface area contributed by atoms with Crippen molar-refractivity contribution in [2.75, 3.05) is 33.5 Å². The molecule has 10 heteroatoms. The van der Waals surface area contributed by atoms with Gasteiger partial charge in [-0.1, -0.05) is 30.3 Å². The molecule has 0 spiro atoms. The van der Waals surface area contributed by atoms with Crippen LogP contribution in [0.5, 0.6) is 0 Å². The van der Waals surface area contributed by atoms with E-state index < -0.39 is 17.2 Å². The number of carbonyl (C=O) groups excluding carboxylic acids is 1. The first-order valence-corrected chi connectivity index (χ1v) is 13.6. The third kappa shape index (κ3) is 6.45. The molecule has 1 aromatic heterocycles. The van der Waals surface area contributed by atoms with Crippen molar-refractivity contribution in [3.05, 3.63) is 65.0 Å². The zero-order chi connectivity index (χ0) is 27.5. The molecule has 1 N–H and O–H groups in total. The summed E-state index contributed by atoms with van der Waals surface area (Å²) in [5.41, 5.74) is 0.564. The molecule has 0 unspecified atom stereocenters. The number of rotatable bonds is 8. The van der Waals surface area contributed by atoms with Gasteiger partial charge in [0.1, 0.15) is 0 Å². The zero-order valence-electron chi connectivity index (χ0n) is 22.2. The van der Waals surface area contributed by atoms with Crippen molar-refractivity contribution in [3.8, 4) is 0 Å². The average molecular weight is 548 g/mol. The topological polar surface area (TPSA) is 72.9 Å². The van der Waals surface area contributed by atoms with Crippen LogP contribution in [0.2, 0.25) is 0 Å². The molecule has 39 heavy (non-hydrogen) atoms. The number of halogens is 3.